The molecule has 1 aliphatic rings. The molecule has 4 heterocycles. The van der Waals surface area contributed by atoms with Crippen molar-refractivity contribution in [1.29, 1.82) is 0 Å². The number of hydrogen-bond acceptors (Lipinski definition) is 6. The molecule has 0 radical (unpaired) electrons. The lowest BCUT2D eigenvalue weighted by molar-refractivity contribution is 0.213. The second-order valence-corrected chi connectivity index (χ2v) is 7.18. The molecular formula is C19H18N6S. The first-order valence-electron chi connectivity index (χ1n) is 8.68. The van der Waals surface area contributed by atoms with Crippen molar-refractivity contribution in [3.63, 3.8) is 0 Å². The van der Waals surface area contributed by atoms with E-state index in [2.05, 4.69) is 48.3 Å². The highest BCUT2D eigenvalue weighted by molar-refractivity contribution is 7.00. The summed E-state index contributed by atoms with van der Waals surface area (Å²) in [6, 6.07) is 10.4. The van der Waals surface area contributed by atoms with Gasteiger partial charge < -0.3 is 4.57 Å². The summed E-state index contributed by atoms with van der Waals surface area (Å²) in [4.78, 5) is 11.4. The molecule has 0 spiro atoms. The van der Waals surface area contributed by atoms with E-state index < -0.39 is 0 Å². The quantitative estimate of drug-likeness (QED) is 0.560. The molecule has 0 amide bonds. The van der Waals surface area contributed by atoms with Crippen LogP contribution in [0.5, 0.6) is 0 Å². The lowest BCUT2D eigenvalue weighted by Crippen LogP contribution is -2.33. The summed E-state index contributed by atoms with van der Waals surface area (Å²) in [5.74, 6) is 1.05. The third-order valence-corrected chi connectivity index (χ3v) is 5.51. The second-order valence-electron chi connectivity index (χ2n) is 6.65. The summed E-state index contributed by atoms with van der Waals surface area (Å²) < 4.78 is 11.0. The number of aryl methyl sites for hydroxylation is 1. The van der Waals surface area contributed by atoms with Gasteiger partial charge in [-0.3, -0.25) is 9.88 Å². The Hall–Kier alpha value is -2.64. The number of fused-ring (bicyclic) bond motifs is 2. The van der Waals surface area contributed by atoms with E-state index in [1.54, 1.807) is 0 Å². The van der Waals surface area contributed by atoms with Crippen LogP contribution in [-0.4, -0.2) is 34.7 Å². The smallest absolute Gasteiger partial charge is 0.140 e. The van der Waals surface area contributed by atoms with E-state index in [1.807, 2.05) is 24.5 Å². The molecule has 130 valence electrons. The molecule has 3 aromatic heterocycles. The molecule has 5 rings (SSSR count). The van der Waals surface area contributed by atoms with Gasteiger partial charge in [-0.25, -0.2) is 4.98 Å². The van der Waals surface area contributed by atoms with Crippen LogP contribution in [0.25, 0.3) is 22.4 Å². The van der Waals surface area contributed by atoms with Gasteiger partial charge in [-0.05, 0) is 36.8 Å². The zero-order valence-corrected chi connectivity index (χ0v) is 15.3. The molecule has 4 aromatic rings. The molecule has 0 unspecified atom stereocenters. The van der Waals surface area contributed by atoms with E-state index in [9.17, 15) is 0 Å². The summed E-state index contributed by atoms with van der Waals surface area (Å²) in [5.41, 5.74) is 6.80. The van der Waals surface area contributed by atoms with Gasteiger partial charge in [0.1, 0.15) is 16.9 Å². The number of imidazole rings is 1. The topological polar surface area (TPSA) is 59.7 Å². The van der Waals surface area contributed by atoms with Gasteiger partial charge in [-0.1, -0.05) is 6.07 Å². The zero-order chi connectivity index (χ0) is 17.5. The van der Waals surface area contributed by atoms with E-state index in [1.165, 1.54) is 23.0 Å². The third-order valence-electron chi connectivity index (χ3n) is 4.95. The van der Waals surface area contributed by atoms with Gasteiger partial charge in [0.25, 0.3) is 0 Å². The Morgan fingerprint density at radius 3 is 2.77 bits per heavy atom. The highest BCUT2D eigenvalue weighted by atomic mass is 32.1. The maximum Gasteiger partial charge on any atom is 0.140 e. The first kappa shape index (κ1) is 15.6. The Morgan fingerprint density at radius 2 is 1.88 bits per heavy atom. The molecule has 0 fully saturated rings. The van der Waals surface area contributed by atoms with Gasteiger partial charge >= 0.3 is 0 Å². The fourth-order valence-corrected chi connectivity index (χ4v) is 4.14. The fourth-order valence-electron chi connectivity index (χ4n) is 3.62. The number of rotatable bonds is 3. The largest absolute Gasteiger partial charge is 0.325 e. The summed E-state index contributed by atoms with van der Waals surface area (Å²) in [7, 11) is 0. The van der Waals surface area contributed by atoms with Crippen molar-refractivity contribution >= 4 is 22.8 Å². The van der Waals surface area contributed by atoms with E-state index in [0.717, 1.165) is 54.3 Å². The van der Waals surface area contributed by atoms with Crippen molar-refractivity contribution in [2.24, 2.45) is 0 Å². The van der Waals surface area contributed by atoms with Crippen LogP contribution < -0.4 is 0 Å². The zero-order valence-electron chi connectivity index (χ0n) is 14.5. The summed E-state index contributed by atoms with van der Waals surface area (Å²) in [6.45, 7) is 5.90. The van der Waals surface area contributed by atoms with E-state index >= 15 is 0 Å². The van der Waals surface area contributed by atoms with Crippen molar-refractivity contribution in [2.45, 2.75) is 26.6 Å². The Labute approximate surface area is 155 Å². The molecule has 0 atom stereocenters. The van der Waals surface area contributed by atoms with Crippen molar-refractivity contribution < 1.29 is 0 Å². The van der Waals surface area contributed by atoms with Gasteiger partial charge in [0.2, 0.25) is 0 Å². The fraction of sp³-hybridized carbons (Fsp3) is 0.263. The molecule has 26 heavy (non-hydrogen) atoms. The van der Waals surface area contributed by atoms with E-state index in [4.69, 9.17) is 4.98 Å². The molecule has 6 nitrogen and oxygen atoms in total. The summed E-state index contributed by atoms with van der Waals surface area (Å²) in [6.07, 6.45) is 3.65. The van der Waals surface area contributed by atoms with Crippen LogP contribution in [0.1, 0.15) is 17.0 Å². The van der Waals surface area contributed by atoms with Gasteiger partial charge in [0, 0.05) is 44.1 Å². The monoisotopic (exact) mass is 362 g/mol. The van der Waals surface area contributed by atoms with Crippen molar-refractivity contribution in [3.8, 4) is 11.4 Å². The van der Waals surface area contributed by atoms with Crippen LogP contribution in [0.3, 0.4) is 0 Å². The van der Waals surface area contributed by atoms with Crippen LogP contribution >= 0.6 is 11.7 Å². The molecule has 0 bridgehead atoms. The van der Waals surface area contributed by atoms with Gasteiger partial charge in [-0.2, -0.15) is 8.75 Å². The maximum absolute atomic E-state index is 4.83. The minimum atomic E-state index is 0.914. The highest BCUT2D eigenvalue weighted by Gasteiger charge is 2.23. The van der Waals surface area contributed by atoms with Crippen molar-refractivity contribution in [1.82, 2.24) is 28.2 Å². The normalized spacial score (nSPS) is 14.7. The van der Waals surface area contributed by atoms with E-state index in [0.29, 0.717) is 0 Å². The van der Waals surface area contributed by atoms with Gasteiger partial charge in [0.15, 0.2) is 0 Å². The maximum atomic E-state index is 4.83. The van der Waals surface area contributed by atoms with Crippen LogP contribution in [0.2, 0.25) is 0 Å². The third kappa shape index (κ3) is 2.69. The number of aromatic nitrogens is 5. The van der Waals surface area contributed by atoms with Crippen molar-refractivity contribution in [2.75, 3.05) is 6.54 Å². The minimum absolute atomic E-state index is 0.914. The Kier molecular flexibility index (Phi) is 3.76. The van der Waals surface area contributed by atoms with Gasteiger partial charge in [0.05, 0.1) is 23.1 Å². The molecule has 0 aliphatic carbocycles. The SMILES string of the molecule is Cc1nc(-c2ccncc2)n2c1CN(Cc1ccc3nsnc3c1)CC2. The average Bonchev–Trinajstić information content (AvgIpc) is 3.27. The Balaban J connectivity index is 1.41. The average molecular weight is 362 g/mol. The molecule has 1 aliphatic heterocycles. The molecule has 0 saturated carbocycles. The molecule has 7 heteroatoms. The lowest BCUT2D eigenvalue weighted by Gasteiger charge is -2.29. The first-order valence-corrected chi connectivity index (χ1v) is 9.41. The molecule has 0 N–H and O–H groups in total. The first-order chi connectivity index (χ1) is 12.8. The highest BCUT2D eigenvalue weighted by Crippen LogP contribution is 2.26. The van der Waals surface area contributed by atoms with Crippen molar-refractivity contribution in [3.05, 3.63) is 59.7 Å². The number of hydrogen-bond donors (Lipinski definition) is 0. The van der Waals surface area contributed by atoms with Crippen LogP contribution in [-0.2, 0) is 19.6 Å². The molecule has 0 saturated heterocycles. The second kappa shape index (κ2) is 6.26. The lowest BCUT2D eigenvalue weighted by atomic mass is 10.1. The molecular weight excluding hydrogens is 344 g/mol. The predicted molar refractivity (Wildman–Crippen MR) is 102 cm³/mol. The molecule has 1 aromatic carbocycles. The standard InChI is InChI=1S/C19H18N6S/c1-13-18-12-24(11-14-2-3-16-17(10-14)23-26-22-16)8-9-25(18)19(21-13)15-4-6-20-7-5-15/h2-7,10H,8-9,11-12H2,1H3. The predicted octanol–water partition coefficient (Wildman–Crippen LogP) is 3.27. The minimum Gasteiger partial charge on any atom is -0.325 e. The summed E-state index contributed by atoms with van der Waals surface area (Å²) >= 11 is 1.27. The van der Waals surface area contributed by atoms with Gasteiger partial charge in [-0.15, -0.1) is 0 Å². The Morgan fingerprint density at radius 1 is 1.04 bits per heavy atom. The Bertz CT molecular complexity index is 1070. The number of pyridine rings is 1. The number of benzene rings is 1. The van der Waals surface area contributed by atoms with E-state index in [-0.39, 0.29) is 0 Å². The van der Waals surface area contributed by atoms with Crippen LogP contribution in [0.15, 0.2) is 42.7 Å². The van der Waals surface area contributed by atoms with Crippen LogP contribution in [0.4, 0.5) is 0 Å². The number of nitrogens with zero attached hydrogens (tertiary/aromatic N) is 6. The van der Waals surface area contributed by atoms with Crippen LogP contribution in [0, 0.1) is 6.92 Å². The summed E-state index contributed by atoms with van der Waals surface area (Å²) in [5, 5.41) is 0.